The molecular weight excluding hydrogens is 231 g/mol. The van der Waals surface area contributed by atoms with Crippen molar-refractivity contribution in [2.75, 3.05) is 0 Å². The lowest BCUT2D eigenvalue weighted by Gasteiger charge is -2.09. The maximum atomic E-state index is 12.6. The summed E-state index contributed by atoms with van der Waals surface area (Å²) in [4.78, 5) is 13.4. The third-order valence-corrected chi connectivity index (χ3v) is 2.66. The number of hydrogen-bond acceptors (Lipinski definition) is 1. The Labute approximate surface area is 95.1 Å². The second-order valence-electron chi connectivity index (χ2n) is 3.74. The molecular formula is C12H10F3NO. The molecule has 1 aromatic heterocycles. The van der Waals surface area contributed by atoms with E-state index < -0.39 is 17.4 Å². The number of rotatable bonds is 1. The van der Waals surface area contributed by atoms with Crippen molar-refractivity contribution in [1.82, 2.24) is 4.98 Å². The van der Waals surface area contributed by atoms with E-state index in [0.717, 1.165) is 11.6 Å². The molecule has 2 nitrogen and oxygen atoms in total. The number of alkyl halides is 3. The molecule has 0 aliphatic heterocycles. The van der Waals surface area contributed by atoms with Crippen LogP contribution in [-0.2, 0) is 12.6 Å². The maximum absolute atomic E-state index is 12.6. The predicted molar refractivity (Wildman–Crippen MR) is 58.9 cm³/mol. The highest BCUT2D eigenvalue weighted by Gasteiger charge is 2.32. The molecule has 2 rings (SSSR count). The molecule has 1 aromatic carbocycles. The van der Waals surface area contributed by atoms with Gasteiger partial charge in [-0.2, -0.15) is 13.2 Å². The average molecular weight is 241 g/mol. The highest BCUT2D eigenvalue weighted by Crippen LogP contribution is 2.29. The van der Waals surface area contributed by atoms with Crippen LogP contribution in [-0.4, -0.2) is 4.98 Å². The van der Waals surface area contributed by atoms with Crippen LogP contribution in [0, 0.1) is 0 Å². The van der Waals surface area contributed by atoms with Crippen LogP contribution in [0.4, 0.5) is 13.2 Å². The van der Waals surface area contributed by atoms with Crippen LogP contribution in [0.25, 0.3) is 10.8 Å². The fourth-order valence-electron chi connectivity index (χ4n) is 1.81. The largest absolute Gasteiger partial charge is 0.431 e. The zero-order valence-electron chi connectivity index (χ0n) is 9.06. The van der Waals surface area contributed by atoms with Gasteiger partial charge in [0, 0.05) is 5.39 Å². The lowest BCUT2D eigenvalue weighted by atomic mass is 10.0. The first-order valence-electron chi connectivity index (χ1n) is 5.15. The topological polar surface area (TPSA) is 32.9 Å². The minimum atomic E-state index is -4.53. The van der Waals surface area contributed by atoms with Gasteiger partial charge >= 0.3 is 6.18 Å². The van der Waals surface area contributed by atoms with Gasteiger partial charge in [-0.25, -0.2) is 0 Å². The van der Waals surface area contributed by atoms with Crippen molar-refractivity contribution in [3.63, 3.8) is 0 Å². The highest BCUT2D eigenvalue weighted by molar-refractivity contribution is 5.85. The van der Waals surface area contributed by atoms with E-state index in [4.69, 9.17) is 0 Å². The molecule has 1 N–H and O–H groups in total. The molecule has 0 aliphatic carbocycles. The number of fused-ring (bicyclic) bond motifs is 1. The summed E-state index contributed by atoms with van der Waals surface area (Å²) in [7, 11) is 0. The molecule has 0 spiro atoms. The van der Waals surface area contributed by atoms with Gasteiger partial charge in [0.15, 0.2) is 0 Å². The summed E-state index contributed by atoms with van der Waals surface area (Å²) < 4.78 is 37.7. The Balaban J connectivity index is 2.84. The number of aromatic amines is 1. The summed E-state index contributed by atoms with van der Waals surface area (Å²) in [6.45, 7) is 1.84. The van der Waals surface area contributed by atoms with Crippen LogP contribution in [0.5, 0.6) is 0 Å². The third kappa shape index (κ3) is 2.05. The van der Waals surface area contributed by atoms with Crippen molar-refractivity contribution in [1.29, 1.82) is 0 Å². The number of aromatic nitrogens is 1. The number of hydrogen-bond donors (Lipinski definition) is 1. The quantitative estimate of drug-likeness (QED) is 0.817. The van der Waals surface area contributed by atoms with Crippen molar-refractivity contribution >= 4 is 10.8 Å². The monoisotopic (exact) mass is 241 g/mol. The van der Waals surface area contributed by atoms with Gasteiger partial charge in [0.05, 0.1) is 0 Å². The SMILES string of the molecule is CCc1cccc2c(=O)[nH]c(C(F)(F)F)cc12. The van der Waals surface area contributed by atoms with Crippen LogP contribution in [0.15, 0.2) is 29.1 Å². The zero-order chi connectivity index (χ0) is 12.6. The van der Waals surface area contributed by atoms with E-state index in [0.29, 0.717) is 11.8 Å². The molecule has 5 heteroatoms. The summed E-state index contributed by atoms with van der Waals surface area (Å²) in [5.41, 5.74) is -0.972. The van der Waals surface area contributed by atoms with Crippen molar-refractivity contribution < 1.29 is 13.2 Å². The van der Waals surface area contributed by atoms with Crippen molar-refractivity contribution in [2.45, 2.75) is 19.5 Å². The Morgan fingerprint density at radius 3 is 2.53 bits per heavy atom. The molecule has 0 saturated carbocycles. The van der Waals surface area contributed by atoms with E-state index in [2.05, 4.69) is 0 Å². The molecule has 0 aliphatic rings. The molecule has 0 radical (unpaired) electrons. The second-order valence-corrected chi connectivity index (χ2v) is 3.74. The van der Waals surface area contributed by atoms with Gasteiger partial charge in [0.25, 0.3) is 5.56 Å². The molecule has 0 bridgehead atoms. The van der Waals surface area contributed by atoms with Gasteiger partial charge < -0.3 is 4.98 Å². The summed E-state index contributed by atoms with van der Waals surface area (Å²) >= 11 is 0. The van der Waals surface area contributed by atoms with E-state index in [1.165, 1.54) is 6.07 Å². The number of pyridine rings is 1. The van der Waals surface area contributed by atoms with Gasteiger partial charge in [-0.3, -0.25) is 4.79 Å². The molecule has 1 heterocycles. The normalized spacial score (nSPS) is 12.0. The Morgan fingerprint density at radius 2 is 1.94 bits per heavy atom. The number of H-pyrrole nitrogens is 1. The standard InChI is InChI=1S/C12H10F3NO/c1-2-7-4-3-5-8-9(7)6-10(12(13,14)15)16-11(8)17/h3-6H,2H2,1H3,(H,16,17). The van der Waals surface area contributed by atoms with Crippen molar-refractivity contribution in [3.05, 3.63) is 45.9 Å². The predicted octanol–water partition coefficient (Wildman–Crippen LogP) is 3.11. The first-order chi connectivity index (χ1) is 7.93. The van der Waals surface area contributed by atoms with Crippen LogP contribution in [0.2, 0.25) is 0 Å². The average Bonchev–Trinajstić information content (AvgIpc) is 2.27. The van der Waals surface area contributed by atoms with Crippen molar-refractivity contribution in [2.24, 2.45) is 0 Å². The van der Waals surface area contributed by atoms with E-state index in [1.807, 2.05) is 11.9 Å². The molecule has 0 atom stereocenters. The smallest absolute Gasteiger partial charge is 0.318 e. The fourth-order valence-corrected chi connectivity index (χ4v) is 1.81. The van der Waals surface area contributed by atoms with Crippen LogP contribution in [0.1, 0.15) is 18.2 Å². The summed E-state index contributed by atoms with van der Waals surface area (Å²) in [6, 6.07) is 5.91. The number of nitrogens with one attached hydrogen (secondary N) is 1. The van der Waals surface area contributed by atoms with Crippen LogP contribution in [0.3, 0.4) is 0 Å². The zero-order valence-corrected chi connectivity index (χ0v) is 9.06. The Kier molecular flexibility index (Phi) is 2.69. The first kappa shape index (κ1) is 11.7. The number of benzene rings is 1. The minimum absolute atomic E-state index is 0.289. The lowest BCUT2D eigenvalue weighted by Crippen LogP contribution is -2.16. The van der Waals surface area contributed by atoms with Gasteiger partial charge in [0.1, 0.15) is 5.69 Å². The van der Waals surface area contributed by atoms with Gasteiger partial charge in [-0.15, -0.1) is 0 Å². The summed E-state index contributed by atoms with van der Waals surface area (Å²) in [5, 5.41) is 0.656. The van der Waals surface area contributed by atoms with Gasteiger partial charge in [0.2, 0.25) is 0 Å². The Hall–Kier alpha value is -1.78. The number of aryl methyl sites for hydroxylation is 1. The molecule has 17 heavy (non-hydrogen) atoms. The minimum Gasteiger partial charge on any atom is -0.318 e. The Morgan fingerprint density at radius 1 is 1.24 bits per heavy atom. The molecule has 0 saturated heterocycles. The van der Waals surface area contributed by atoms with E-state index in [9.17, 15) is 18.0 Å². The fraction of sp³-hybridized carbons (Fsp3) is 0.250. The van der Waals surface area contributed by atoms with E-state index >= 15 is 0 Å². The van der Waals surface area contributed by atoms with Gasteiger partial charge in [-0.05, 0) is 29.5 Å². The van der Waals surface area contributed by atoms with E-state index in [-0.39, 0.29) is 5.39 Å². The summed E-state index contributed by atoms with van der Waals surface area (Å²) in [5.74, 6) is 0. The molecule has 0 unspecified atom stereocenters. The van der Waals surface area contributed by atoms with Crippen LogP contribution >= 0.6 is 0 Å². The first-order valence-corrected chi connectivity index (χ1v) is 5.15. The lowest BCUT2D eigenvalue weighted by molar-refractivity contribution is -0.141. The van der Waals surface area contributed by atoms with Crippen LogP contribution < -0.4 is 5.56 Å². The second kappa shape index (κ2) is 3.91. The maximum Gasteiger partial charge on any atom is 0.431 e. The molecule has 0 fully saturated rings. The molecule has 90 valence electrons. The Bertz CT molecular complexity index is 613. The molecule has 2 aromatic rings. The number of halogens is 3. The van der Waals surface area contributed by atoms with Gasteiger partial charge in [-0.1, -0.05) is 19.1 Å². The third-order valence-electron chi connectivity index (χ3n) is 2.66. The highest BCUT2D eigenvalue weighted by atomic mass is 19.4. The van der Waals surface area contributed by atoms with Crippen molar-refractivity contribution in [3.8, 4) is 0 Å². The molecule has 0 amide bonds. The van der Waals surface area contributed by atoms with E-state index in [1.54, 1.807) is 12.1 Å². The summed E-state index contributed by atoms with van der Waals surface area (Å²) in [6.07, 6.45) is -3.95.